The van der Waals surface area contributed by atoms with E-state index >= 15 is 0 Å². The van der Waals surface area contributed by atoms with E-state index in [2.05, 4.69) is 16.5 Å². The van der Waals surface area contributed by atoms with Gasteiger partial charge in [-0.25, -0.2) is 4.68 Å². The minimum absolute atomic E-state index is 0.0685. The number of amides is 1. The zero-order valence-electron chi connectivity index (χ0n) is 15.9. The van der Waals surface area contributed by atoms with Crippen molar-refractivity contribution in [3.05, 3.63) is 82.4 Å². The lowest BCUT2D eigenvalue weighted by atomic mass is 9.69. The van der Waals surface area contributed by atoms with Crippen molar-refractivity contribution in [3.63, 3.8) is 0 Å². The second-order valence-electron chi connectivity index (χ2n) is 7.22. The third-order valence-corrected chi connectivity index (χ3v) is 5.53. The van der Waals surface area contributed by atoms with E-state index in [9.17, 15) is 10.1 Å². The molecule has 1 atom stereocenters. The number of ether oxygens (including phenoxy) is 1. The predicted octanol–water partition coefficient (Wildman–Crippen LogP) is 2.81. The number of nitrogens with one attached hydrogen (secondary N) is 1. The Bertz CT molecular complexity index is 1260. The maximum atomic E-state index is 13.4. The molecule has 3 N–H and O–H groups in total. The second kappa shape index (κ2) is 5.72. The summed E-state index contributed by atoms with van der Waals surface area (Å²) in [6, 6.07) is 17.2. The number of para-hydroxylation sites is 1. The van der Waals surface area contributed by atoms with Crippen LogP contribution in [0.25, 0.3) is 5.69 Å². The highest BCUT2D eigenvalue weighted by Crippen LogP contribution is 2.54. The lowest BCUT2D eigenvalue weighted by molar-refractivity contribution is -0.118. The first-order valence-corrected chi connectivity index (χ1v) is 9.14. The fourth-order valence-corrected chi connectivity index (χ4v) is 4.25. The molecule has 0 radical (unpaired) electrons. The van der Waals surface area contributed by atoms with Gasteiger partial charge in [0.05, 0.1) is 16.9 Å². The number of nitrogens with two attached hydrogens (primary N) is 1. The summed E-state index contributed by atoms with van der Waals surface area (Å²) in [6.45, 7) is 3.80. The van der Waals surface area contributed by atoms with Crippen LogP contribution in [0.2, 0.25) is 0 Å². The number of nitriles is 1. The third kappa shape index (κ3) is 2.05. The number of hydrogen-bond acceptors (Lipinski definition) is 5. The predicted molar refractivity (Wildman–Crippen MR) is 106 cm³/mol. The average molecular weight is 383 g/mol. The van der Waals surface area contributed by atoms with Gasteiger partial charge in [0, 0.05) is 11.3 Å². The highest BCUT2D eigenvalue weighted by molar-refractivity contribution is 6.12. The topological polar surface area (TPSA) is 106 Å². The van der Waals surface area contributed by atoms with Crippen LogP contribution in [-0.4, -0.2) is 15.7 Å². The number of rotatable bonds is 1. The molecule has 5 rings (SSSR count). The number of aryl methyl sites for hydroxylation is 2. The molecule has 0 saturated carbocycles. The first-order chi connectivity index (χ1) is 14.0. The Morgan fingerprint density at radius 2 is 1.90 bits per heavy atom. The SMILES string of the molecule is Cc1ccc(-n2nc(C)c3c2OC(N)=C(C#N)C32C(=O)Nc3ccccc32)cc1. The van der Waals surface area contributed by atoms with Gasteiger partial charge in [-0.3, -0.25) is 4.79 Å². The Morgan fingerprint density at radius 3 is 2.62 bits per heavy atom. The summed E-state index contributed by atoms with van der Waals surface area (Å²) in [5, 5.41) is 17.5. The molecule has 3 aromatic rings. The van der Waals surface area contributed by atoms with Crippen molar-refractivity contribution in [3.8, 4) is 17.6 Å². The first-order valence-electron chi connectivity index (χ1n) is 9.14. The Labute approximate surface area is 167 Å². The van der Waals surface area contributed by atoms with Gasteiger partial charge in [-0.15, -0.1) is 0 Å². The van der Waals surface area contributed by atoms with Crippen LogP contribution >= 0.6 is 0 Å². The van der Waals surface area contributed by atoms with Crippen molar-refractivity contribution in [2.45, 2.75) is 19.3 Å². The number of carbonyl (C=O) groups excluding carboxylic acids is 1. The molecule has 29 heavy (non-hydrogen) atoms. The normalized spacial score (nSPS) is 19.4. The lowest BCUT2D eigenvalue weighted by Crippen LogP contribution is -2.42. The fraction of sp³-hybridized carbons (Fsp3) is 0.136. The zero-order valence-corrected chi connectivity index (χ0v) is 15.9. The molecule has 1 aromatic heterocycles. The van der Waals surface area contributed by atoms with Gasteiger partial charge in [0.2, 0.25) is 17.7 Å². The number of hydrogen-bond donors (Lipinski definition) is 2. The number of anilines is 1. The monoisotopic (exact) mass is 383 g/mol. The van der Waals surface area contributed by atoms with Crippen LogP contribution in [0.1, 0.15) is 22.4 Å². The summed E-state index contributed by atoms with van der Waals surface area (Å²) in [6.07, 6.45) is 0. The molecule has 1 unspecified atom stereocenters. The summed E-state index contributed by atoms with van der Waals surface area (Å²) in [5.74, 6) is -0.0934. The van der Waals surface area contributed by atoms with E-state index in [1.165, 1.54) is 0 Å². The van der Waals surface area contributed by atoms with Gasteiger partial charge in [-0.05, 0) is 32.0 Å². The van der Waals surface area contributed by atoms with Crippen molar-refractivity contribution in [1.82, 2.24) is 9.78 Å². The number of benzene rings is 2. The Kier molecular flexibility index (Phi) is 3.37. The van der Waals surface area contributed by atoms with Crippen molar-refractivity contribution in [2.24, 2.45) is 5.73 Å². The number of aromatic nitrogens is 2. The molecule has 2 aliphatic rings. The van der Waals surface area contributed by atoms with Gasteiger partial charge in [0.15, 0.2) is 0 Å². The third-order valence-electron chi connectivity index (χ3n) is 5.53. The van der Waals surface area contributed by atoms with Crippen molar-refractivity contribution >= 4 is 11.6 Å². The van der Waals surface area contributed by atoms with E-state index in [4.69, 9.17) is 10.5 Å². The standard InChI is InChI=1S/C22H17N5O2/c1-12-7-9-14(10-8-12)27-20-18(13(2)26-27)22(16(11-23)19(24)29-20)15-5-3-4-6-17(15)25-21(22)28/h3-10H,24H2,1-2H3,(H,25,28). The first kappa shape index (κ1) is 17.1. The van der Waals surface area contributed by atoms with Crippen LogP contribution in [-0.2, 0) is 10.2 Å². The summed E-state index contributed by atoms with van der Waals surface area (Å²) >= 11 is 0. The molecule has 0 bridgehead atoms. The van der Waals surface area contributed by atoms with Gasteiger partial charge in [-0.1, -0.05) is 35.9 Å². The molecule has 0 aliphatic carbocycles. The second-order valence-corrected chi connectivity index (χ2v) is 7.22. The van der Waals surface area contributed by atoms with Crippen molar-refractivity contribution in [2.75, 3.05) is 5.32 Å². The summed E-state index contributed by atoms with van der Waals surface area (Å²) in [7, 11) is 0. The number of fused-ring (bicyclic) bond motifs is 4. The Hall–Kier alpha value is -4.05. The molecule has 142 valence electrons. The van der Waals surface area contributed by atoms with E-state index in [0.29, 0.717) is 28.4 Å². The van der Waals surface area contributed by atoms with E-state index < -0.39 is 5.41 Å². The zero-order chi connectivity index (χ0) is 20.3. The van der Waals surface area contributed by atoms with Gasteiger partial charge in [0.25, 0.3) is 0 Å². The fourth-order valence-electron chi connectivity index (χ4n) is 4.25. The molecule has 2 aromatic carbocycles. The maximum absolute atomic E-state index is 13.4. The number of carbonyl (C=O) groups is 1. The van der Waals surface area contributed by atoms with E-state index in [1.54, 1.807) is 11.6 Å². The molecule has 7 heteroatoms. The van der Waals surface area contributed by atoms with Crippen LogP contribution in [0.15, 0.2) is 60.0 Å². The van der Waals surface area contributed by atoms with E-state index in [-0.39, 0.29) is 17.4 Å². The largest absolute Gasteiger partial charge is 0.422 e. The molecule has 3 heterocycles. The minimum Gasteiger partial charge on any atom is -0.422 e. The summed E-state index contributed by atoms with van der Waals surface area (Å²) in [4.78, 5) is 13.4. The summed E-state index contributed by atoms with van der Waals surface area (Å²) < 4.78 is 7.50. The lowest BCUT2D eigenvalue weighted by Gasteiger charge is -2.32. The van der Waals surface area contributed by atoms with Gasteiger partial charge in [0.1, 0.15) is 17.1 Å². The van der Waals surface area contributed by atoms with Crippen LogP contribution in [0.3, 0.4) is 0 Å². The smallest absolute Gasteiger partial charge is 0.245 e. The van der Waals surface area contributed by atoms with E-state index in [0.717, 1.165) is 11.3 Å². The minimum atomic E-state index is -1.39. The van der Waals surface area contributed by atoms with Crippen molar-refractivity contribution < 1.29 is 9.53 Å². The quantitative estimate of drug-likeness (QED) is 0.672. The Balaban J connectivity index is 1.87. The van der Waals surface area contributed by atoms with Crippen LogP contribution < -0.4 is 15.8 Å². The summed E-state index contributed by atoms with van der Waals surface area (Å²) in [5.41, 5.74) is 9.17. The van der Waals surface area contributed by atoms with Crippen LogP contribution in [0, 0.1) is 25.2 Å². The Morgan fingerprint density at radius 1 is 1.17 bits per heavy atom. The number of nitrogens with zero attached hydrogens (tertiary/aromatic N) is 3. The average Bonchev–Trinajstić information content (AvgIpc) is 3.18. The van der Waals surface area contributed by atoms with Gasteiger partial charge in [-0.2, -0.15) is 10.4 Å². The highest BCUT2D eigenvalue weighted by Gasteiger charge is 2.58. The van der Waals surface area contributed by atoms with Gasteiger partial charge >= 0.3 is 0 Å². The van der Waals surface area contributed by atoms with E-state index in [1.807, 2.05) is 55.5 Å². The van der Waals surface area contributed by atoms with Gasteiger partial charge < -0.3 is 15.8 Å². The molecule has 1 amide bonds. The molecule has 2 aliphatic heterocycles. The molecule has 7 nitrogen and oxygen atoms in total. The van der Waals surface area contributed by atoms with Crippen LogP contribution in [0.4, 0.5) is 5.69 Å². The molecule has 0 fully saturated rings. The molecule has 0 saturated heterocycles. The maximum Gasteiger partial charge on any atom is 0.245 e. The highest BCUT2D eigenvalue weighted by atomic mass is 16.5. The molecule has 1 spiro atoms. The molecular weight excluding hydrogens is 366 g/mol. The van der Waals surface area contributed by atoms with Crippen molar-refractivity contribution in [1.29, 1.82) is 5.26 Å². The van der Waals surface area contributed by atoms with Crippen LogP contribution in [0.5, 0.6) is 5.88 Å². The molecular formula is C22H17N5O2.